The Morgan fingerprint density at radius 2 is 1.53 bits per heavy atom. The predicted molar refractivity (Wildman–Crippen MR) is 129 cm³/mol. The highest BCUT2D eigenvalue weighted by Gasteiger charge is 2.16. The molecule has 0 atom stereocenters. The maximum absolute atomic E-state index is 6.35. The van der Waals surface area contributed by atoms with Gasteiger partial charge in [-0.3, -0.25) is 4.98 Å². The zero-order valence-electron chi connectivity index (χ0n) is 17.4. The molecule has 0 saturated heterocycles. The molecule has 0 saturated carbocycles. The first-order valence-electron chi connectivity index (χ1n) is 10.5. The van der Waals surface area contributed by atoms with Crippen molar-refractivity contribution in [3.8, 4) is 22.5 Å². The van der Waals surface area contributed by atoms with Gasteiger partial charge in [0.25, 0.3) is 0 Å². The lowest BCUT2D eigenvalue weighted by Gasteiger charge is -2.14. The van der Waals surface area contributed by atoms with E-state index in [1.54, 1.807) is 12.4 Å². The Morgan fingerprint density at radius 1 is 0.719 bits per heavy atom. The number of hydrogen-bond donors (Lipinski definition) is 2. The van der Waals surface area contributed by atoms with Gasteiger partial charge in [-0.2, -0.15) is 0 Å². The smallest absolute Gasteiger partial charge is 0.146 e. The van der Waals surface area contributed by atoms with Gasteiger partial charge in [-0.05, 0) is 30.3 Å². The van der Waals surface area contributed by atoms with Crippen LogP contribution in [0.5, 0.6) is 0 Å². The van der Waals surface area contributed by atoms with Gasteiger partial charge in [0.15, 0.2) is 0 Å². The Labute approximate surface area is 186 Å². The van der Waals surface area contributed by atoms with Crippen LogP contribution >= 0.6 is 0 Å². The molecule has 32 heavy (non-hydrogen) atoms. The molecule has 2 aromatic carbocycles. The van der Waals surface area contributed by atoms with Gasteiger partial charge in [-0.1, -0.05) is 48.5 Å². The number of nitrogens with one attached hydrogen (secondary N) is 1. The topological polar surface area (TPSA) is 89.6 Å². The van der Waals surface area contributed by atoms with Gasteiger partial charge in [0.05, 0.1) is 22.6 Å². The van der Waals surface area contributed by atoms with E-state index in [4.69, 9.17) is 15.7 Å². The second-order valence-electron chi connectivity index (χ2n) is 7.42. The Morgan fingerprint density at radius 3 is 2.38 bits per heavy atom. The van der Waals surface area contributed by atoms with Crippen LogP contribution in [0.4, 0.5) is 11.6 Å². The van der Waals surface area contributed by atoms with Gasteiger partial charge in [0.1, 0.15) is 11.6 Å². The van der Waals surface area contributed by atoms with Crippen LogP contribution in [-0.4, -0.2) is 26.5 Å². The highest BCUT2D eigenvalue weighted by Crippen LogP contribution is 2.32. The monoisotopic (exact) mass is 418 g/mol. The van der Waals surface area contributed by atoms with Crippen molar-refractivity contribution in [1.82, 2.24) is 19.9 Å². The van der Waals surface area contributed by atoms with E-state index < -0.39 is 0 Å². The number of rotatable bonds is 6. The Hall–Kier alpha value is -4.32. The molecule has 0 amide bonds. The van der Waals surface area contributed by atoms with E-state index in [0.717, 1.165) is 44.9 Å². The second-order valence-corrected chi connectivity index (χ2v) is 7.42. The van der Waals surface area contributed by atoms with Crippen molar-refractivity contribution >= 4 is 22.5 Å². The molecule has 3 aromatic heterocycles. The Bertz CT molecular complexity index is 1350. The molecule has 6 nitrogen and oxygen atoms in total. The largest absolute Gasteiger partial charge is 0.382 e. The average molecular weight is 419 g/mol. The normalized spacial score (nSPS) is 10.9. The summed E-state index contributed by atoms with van der Waals surface area (Å²) in [6, 6.07) is 25.9. The fourth-order valence-corrected chi connectivity index (χ4v) is 3.66. The third kappa shape index (κ3) is 4.11. The van der Waals surface area contributed by atoms with Crippen molar-refractivity contribution in [2.75, 3.05) is 17.6 Å². The van der Waals surface area contributed by atoms with Gasteiger partial charge < -0.3 is 11.1 Å². The lowest BCUT2D eigenvalue weighted by Crippen LogP contribution is -2.11. The first-order chi connectivity index (χ1) is 15.8. The van der Waals surface area contributed by atoms with E-state index in [1.165, 1.54) is 0 Å². The number of nitrogen functional groups attached to an aromatic ring is 1. The van der Waals surface area contributed by atoms with Crippen LogP contribution < -0.4 is 11.1 Å². The third-order valence-electron chi connectivity index (χ3n) is 5.26. The first-order valence-corrected chi connectivity index (χ1v) is 10.5. The summed E-state index contributed by atoms with van der Waals surface area (Å²) in [5.74, 6) is 1.26. The molecule has 0 bridgehead atoms. The van der Waals surface area contributed by atoms with Crippen LogP contribution in [-0.2, 0) is 6.42 Å². The van der Waals surface area contributed by atoms with Gasteiger partial charge >= 0.3 is 0 Å². The van der Waals surface area contributed by atoms with Crippen LogP contribution in [0.3, 0.4) is 0 Å². The van der Waals surface area contributed by atoms with Gasteiger partial charge in [-0.25, -0.2) is 15.0 Å². The summed E-state index contributed by atoms with van der Waals surface area (Å²) >= 11 is 0. The molecule has 6 heteroatoms. The molecule has 0 radical (unpaired) electrons. The molecule has 0 spiro atoms. The SMILES string of the molecule is Nc1nc(-c2ccccc2)c(-c2ccc3ncccc3c2)nc1CCNc1ccccn1. The molecule has 0 aliphatic carbocycles. The number of pyridine rings is 2. The van der Waals surface area contributed by atoms with Crippen molar-refractivity contribution in [2.45, 2.75) is 6.42 Å². The van der Waals surface area contributed by atoms with E-state index in [1.807, 2.05) is 66.7 Å². The number of anilines is 2. The van der Waals surface area contributed by atoms with E-state index in [0.29, 0.717) is 18.8 Å². The summed E-state index contributed by atoms with van der Waals surface area (Å²) in [6.07, 6.45) is 4.19. The van der Waals surface area contributed by atoms with Crippen LogP contribution in [0, 0.1) is 0 Å². The van der Waals surface area contributed by atoms with Crippen LogP contribution in [0.15, 0.2) is 91.3 Å². The number of aromatic nitrogens is 4. The molecule has 5 rings (SSSR count). The zero-order chi connectivity index (χ0) is 21.8. The third-order valence-corrected chi connectivity index (χ3v) is 5.26. The fourth-order valence-electron chi connectivity index (χ4n) is 3.66. The zero-order valence-corrected chi connectivity index (χ0v) is 17.4. The summed E-state index contributed by atoms with van der Waals surface area (Å²) < 4.78 is 0. The summed E-state index contributed by atoms with van der Waals surface area (Å²) in [5, 5.41) is 4.36. The van der Waals surface area contributed by atoms with Crippen LogP contribution in [0.1, 0.15) is 5.69 Å². The first kappa shape index (κ1) is 19.6. The lowest BCUT2D eigenvalue weighted by atomic mass is 10.0. The molecule has 5 aromatic rings. The number of nitrogens with two attached hydrogens (primary N) is 1. The van der Waals surface area contributed by atoms with E-state index in [-0.39, 0.29) is 0 Å². The summed E-state index contributed by atoms with van der Waals surface area (Å²) in [5.41, 5.74) is 11.6. The molecular formula is C26H22N6. The quantitative estimate of drug-likeness (QED) is 0.404. The minimum atomic E-state index is 0.442. The van der Waals surface area contributed by atoms with Gasteiger partial charge in [0.2, 0.25) is 0 Å². The van der Waals surface area contributed by atoms with E-state index in [2.05, 4.69) is 27.4 Å². The summed E-state index contributed by atoms with van der Waals surface area (Å²) in [4.78, 5) is 18.5. The highest BCUT2D eigenvalue weighted by molar-refractivity contribution is 5.87. The Kier molecular flexibility index (Phi) is 5.41. The van der Waals surface area contributed by atoms with E-state index in [9.17, 15) is 0 Å². The molecule has 0 aliphatic heterocycles. The van der Waals surface area contributed by atoms with Crippen LogP contribution in [0.25, 0.3) is 33.4 Å². The average Bonchev–Trinajstić information content (AvgIpc) is 2.86. The highest BCUT2D eigenvalue weighted by atomic mass is 15.0. The second kappa shape index (κ2) is 8.81. The predicted octanol–water partition coefficient (Wildman–Crippen LogP) is 4.99. The minimum absolute atomic E-state index is 0.442. The molecule has 0 fully saturated rings. The summed E-state index contributed by atoms with van der Waals surface area (Å²) in [6.45, 7) is 0.654. The fraction of sp³-hybridized carbons (Fsp3) is 0.0769. The Balaban J connectivity index is 1.54. The van der Waals surface area contributed by atoms with Crippen molar-refractivity contribution < 1.29 is 0 Å². The van der Waals surface area contributed by atoms with Gasteiger partial charge in [-0.15, -0.1) is 0 Å². The summed E-state index contributed by atoms with van der Waals surface area (Å²) in [7, 11) is 0. The van der Waals surface area contributed by atoms with Crippen molar-refractivity contribution in [2.24, 2.45) is 0 Å². The van der Waals surface area contributed by atoms with Crippen molar-refractivity contribution in [1.29, 1.82) is 0 Å². The van der Waals surface area contributed by atoms with E-state index >= 15 is 0 Å². The molecule has 0 unspecified atom stereocenters. The standard InChI is InChI=1S/C26H22N6/c27-26-22(13-16-30-23-10-4-5-14-29-23)31-25(24(32-26)18-7-2-1-3-8-18)20-11-12-21-19(17-20)9-6-15-28-21/h1-12,14-15,17H,13,16H2,(H2,27,32)(H,29,30). The molecule has 0 aliphatic rings. The number of nitrogens with zero attached hydrogens (tertiary/aromatic N) is 4. The molecule has 3 N–H and O–H groups in total. The molecule has 156 valence electrons. The number of benzene rings is 2. The van der Waals surface area contributed by atoms with Crippen molar-refractivity contribution in [3.63, 3.8) is 0 Å². The van der Waals surface area contributed by atoms with Crippen LogP contribution in [0.2, 0.25) is 0 Å². The lowest BCUT2D eigenvalue weighted by molar-refractivity contribution is 0.946. The molecule has 3 heterocycles. The number of fused-ring (bicyclic) bond motifs is 1. The van der Waals surface area contributed by atoms with Crippen molar-refractivity contribution in [3.05, 3.63) is 97.0 Å². The number of hydrogen-bond acceptors (Lipinski definition) is 6. The maximum Gasteiger partial charge on any atom is 0.146 e. The maximum atomic E-state index is 6.35. The molecular weight excluding hydrogens is 396 g/mol. The minimum Gasteiger partial charge on any atom is -0.382 e. The van der Waals surface area contributed by atoms with Gasteiger partial charge in [0, 0.05) is 41.9 Å².